The van der Waals surface area contributed by atoms with E-state index >= 15 is 0 Å². The summed E-state index contributed by atoms with van der Waals surface area (Å²) >= 11 is 0. The molecule has 2 aliphatic rings. The van der Waals surface area contributed by atoms with Gasteiger partial charge in [0, 0.05) is 66.6 Å². The number of hydrogen-bond donors (Lipinski definition) is 1. The molecule has 3 heterocycles. The molecular weight excluding hydrogens is 402 g/mol. The van der Waals surface area contributed by atoms with E-state index in [1.165, 1.54) is 0 Å². The van der Waals surface area contributed by atoms with Crippen LogP contribution in [0.3, 0.4) is 0 Å². The maximum atomic E-state index is 13.3. The lowest BCUT2D eigenvalue weighted by Crippen LogP contribution is -2.40. The van der Waals surface area contributed by atoms with E-state index in [0.29, 0.717) is 25.6 Å². The van der Waals surface area contributed by atoms with Gasteiger partial charge in [0.1, 0.15) is 12.4 Å². The molecule has 1 N–H and O–H groups in total. The maximum Gasteiger partial charge on any atom is 0.251 e. The SMILES string of the molecule is CCN(c1cccc2c1C/C=C\COc1cc(C)nc(C)c1CNC2=O)C1CCOCC1. The lowest BCUT2D eigenvalue weighted by molar-refractivity contribution is 0.0845. The van der Waals surface area contributed by atoms with Gasteiger partial charge in [-0.25, -0.2) is 0 Å². The van der Waals surface area contributed by atoms with Crippen LogP contribution in [-0.2, 0) is 17.7 Å². The van der Waals surface area contributed by atoms with E-state index in [4.69, 9.17) is 9.47 Å². The van der Waals surface area contributed by atoms with Gasteiger partial charge >= 0.3 is 0 Å². The largest absolute Gasteiger partial charge is 0.489 e. The standard InChI is InChI=1S/C26H33N3O3/c1-4-29(20-11-14-31-15-12-20)24-10-7-9-22-21(24)8-5-6-13-32-25-16-18(2)28-19(3)23(25)17-27-26(22)30/h5-7,9-10,16,20H,4,8,11-15,17H2,1-3H3,(H,27,30)/b6-5-. The molecule has 0 radical (unpaired) electrons. The third-order valence-electron chi connectivity index (χ3n) is 6.35. The summed E-state index contributed by atoms with van der Waals surface area (Å²) in [4.78, 5) is 20.3. The lowest BCUT2D eigenvalue weighted by Gasteiger charge is -2.37. The van der Waals surface area contributed by atoms with Gasteiger partial charge < -0.3 is 19.7 Å². The first-order valence-corrected chi connectivity index (χ1v) is 11.6. The second kappa shape index (κ2) is 10.2. The van der Waals surface area contributed by atoms with Crippen LogP contribution in [0, 0.1) is 13.8 Å². The van der Waals surface area contributed by atoms with E-state index in [0.717, 1.165) is 72.1 Å². The van der Waals surface area contributed by atoms with Gasteiger partial charge in [-0.2, -0.15) is 0 Å². The molecule has 170 valence electrons. The highest BCUT2D eigenvalue weighted by molar-refractivity contribution is 5.97. The van der Waals surface area contributed by atoms with Crippen molar-refractivity contribution in [2.45, 2.75) is 52.6 Å². The van der Waals surface area contributed by atoms with Crippen LogP contribution >= 0.6 is 0 Å². The van der Waals surface area contributed by atoms with Crippen molar-refractivity contribution in [1.29, 1.82) is 0 Å². The Hall–Kier alpha value is -2.86. The number of aromatic nitrogens is 1. The van der Waals surface area contributed by atoms with Crippen molar-refractivity contribution in [3.63, 3.8) is 0 Å². The minimum absolute atomic E-state index is 0.0650. The Balaban J connectivity index is 1.69. The van der Waals surface area contributed by atoms with Crippen LogP contribution in [0.2, 0.25) is 0 Å². The zero-order chi connectivity index (χ0) is 22.5. The third kappa shape index (κ3) is 4.80. The molecule has 0 spiro atoms. The number of nitrogens with one attached hydrogen (secondary N) is 1. The number of hydrogen-bond acceptors (Lipinski definition) is 5. The van der Waals surface area contributed by atoms with Crippen molar-refractivity contribution in [1.82, 2.24) is 10.3 Å². The molecule has 6 heteroatoms. The van der Waals surface area contributed by atoms with E-state index in [1.807, 2.05) is 38.1 Å². The summed E-state index contributed by atoms with van der Waals surface area (Å²) in [6.07, 6.45) is 6.85. The number of allylic oxidation sites excluding steroid dienone is 1. The number of amides is 1. The van der Waals surface area contributed by atoms with Crippen LogP contribution in [0.4, 0.5) is 5.69 Å². The van der Waals surface area contributed by atoms with Gasteiger partial charge in [0.15, 0.2) is 0 Å². The van der Waals surface area contributed by atoms with Gasteiger partial charge in [0.05, 0.1) is 0 Å². The highest BCUT2D eigenvalue weighted by atomic mass is 16.5. The molecule has 6 nitrogen and oxygen atoms in total. The van der Waals surface area contributed by atoms with Crippen LogP contribution in [0.5, 0.6) is 5.75 Å². The topological polar surface area (TPSA) is 63.7 Å². The van der Waals surface area contributed by atoms with Crippen LogP contribution in [-0.4, -0.2) is 43.3 Å². The lowest BCUT2D eigenvalue weighted by atomic mass is 9.97. The predicted octanol–water partition coefficient (Wildman–Crippen LogP) is 4.12. The Kier molecular flexibility index (Phi) is 7.10. The fourth-order valence-corrected chi connectivity index (χ4v) is 4.73. The Morgan fingerprint density at radius 1 is 1.16 bits per heavy atom. The summed E-state index contributed by atoms with van der Waals surface area (Å²) in [6, 6.07) is 8.45. The van der Waals surface area contributed by atoms with Crippen LogP contribution in [0.15, 0.2) is 36.4 Å². The fourth-order valence-electron chi connectivity index (χ4n) is 4.73. The van der Waals surface area contributed by atoms with Crippen LogP contribution in [0.25, 0.3) is 0 Å². The number of rotatable bonds is 3. The highest BCUT2D eigenvalue weighted by Gasteiger charge is 2.25. The van der Waals surface area contributed by atoms with Crippen LogP contribution in [0.1, 0.15) is 52.6 Å². The van der Waals surface area contributed by atoms with Gasteiger partial charge in [-0.3, -0.25) is 9.78 Å². The molecule has 1 saturated heterocycles. The summed E-state index contributed by atoms with van der Waals surface area (Å²) in [5.41, 5.74) is 5.66. The Bertz CT molecular complexity index is 996. The summed E-state index contributed by atoms with van der Waals surface area (Å²) in [5, 5.41) is 3.12. The first kappa shape index (κ1) is 22.3. The second-order valence-electron chi connectivity index (χ2n) is 8.43. The number of ether oxygens (including phenoxy) is 2. The molecule has 0 bridgehead atoms. The molecule has 0 unspecified atom stereocenters. The molecule has 32 heavy (non-hydrogen) atoms. The zero-order valence-electron chi connectivity index (χ0n) is 19.3. The molecule has 2 aliphatic heterocycles. The molecule has 1 aromatic carbocycles. The van der Waals surface area contributed by atoms with Crippen molar-refractivity contribution in [3.8, 4) is 5.75 Å². The van der Waals surface area contributed by atoms with Gasteiger partial charge in [-0.05, 0) is 57.7 Å². The van der Waals surface area contributed by atoms with Crippen molar-refractivity contribution >= 4 is 11.6 Å². The molecule has 1 fully saturated rings. The summed E-state index contributed by atoms with van der Waals surface area (Å²) in [5.74, 6) is 0.718. The first-order valence-electron chi connectivity index (χ1n) is 11.6. The second-order valence-corrected chi connectivity index (χ2v) is 8.43. The van der Waals surface area contributed by atoms with Gasteiger partial charge in [0.25, 0.3) is 5.91 Å². The average Bonchev–Trinajstić information content (AvgIpc) is 2.79. The Labute approximate surface area is 190 Å². The Morgan fingerprint density at radius 2 is 1.97 bits per heavy atom. The third-order valence-corrected chi connectivity index (χ3v) is 6.35. The fraction of sp³-hybridized carbons (Fsp3) is 0.462. The molecule has 4 rings (SSSR count). The van der Waals surface area contributed by atoms with Crippen molar-refractivity contribution in [3.05, 3.63) is 64.5 Å². The van der Waals surface area contributed by atoms with Gasteiger partial charge in [0.2, 0.25) is 0 Å². The molecule has 0 atom stereocenters. The Morgan fingerprint density at radius 3 is 2.75 bits per heavy atom. The number of anilines is 1. The smallest absolute Gasteiger partial charge is 0.251 e. The molecule has 0 saturated carbocycles. The molecule has 1 amide bonds. The highest BCUT2D eigenvalue weighted by Crippen LogP contribution is 2.30. The normalized spacial score (nSPS) is 18.3. The van der Waals surface area contributed by atoms with E-state index in [1.54, 1.807) is 0 Å². The first-order chi connectivity index (χ1) is 15.6. The number of nitrogens with zero attached hydrogens (tertiary/aromatic N) is 2. The van der Waals surface area contributed by atoms with Crippen molar-refractivity contribution in [2.75, 3.05) is 31.3 Å². The number of benzene rings is 1. The number of aryl methyl sites for hydroxylation is 2. The van der Waals surface area contributed by atoms with E-state index in [-0.39, 0.29) is 5.91 Å². The number of carbonyl (C=O) groups is 1. The van der Waals surface area contributed by atoms with E-state index < -0.39 is 0 Å². The summed E-state index contributed by atoms with van der Waals surface area (Å²) in [6.45, 7) is 9.45. The number of carbonyl (C=O) groups excluding carboxylic acids is 1. The van der Waals surface area contributed by atoms with Crippen molar-refractivity contribution in [2.24, 2.45) is 0 Å². The van der Waals surface area contributed by atoms with Gasteiger partial charge in [-0.1, -0.05) is 18.2 Å². The minimum Gasteiger partial charge on any atom is -0.489 e. The minimum atomic E-state index is -0.0650. The van der Waals surface area contributed by atoms with E-state index in [2.05, 4.69) is 34.3 Å². The molecule has 0 aliphatic carbocycles. The van der Waals surface area contributed by atoms with E-state index in [9.17, 15) is 4.79 Å². The quantitative estimate of drug-likeness (QED) is 0.735. The summed E-state index contributed by atoms with van der Waals surface area (Å²) in [7, 11) is 0. The monoisotopic (exact) mass is 435 g/mol. The number of pyridine rings is 1. The maximum absolute atomic E-state index is 13.3. The molecule has 2 aromatic rings. The molecular formula is C26H33N3O3. The number of fused-ring (bicyclic) bond motifs is 2. The molecule has 1 aromatic heterocycles. The van der Waals surface area contributed by atoms with Crippen LogP contribution < -0.4 is 15.0 Å². The average molecular weight is 436 g/mol. The van der Waals surface area contributed by atoms with Gasteiger partial charge in [-0.15, -0.1) is 0 Å². The predicted molar refractivity (Wildman–Crippen MR) is 127 cm³/mol. The van der Waals surface area contributed by atoms with Crippen molar-refractivity contribution < 1.29 is 14.3 Å². The summed E-state index contributed by atoms with van der Waals surface area (Å²) < 4.78 is 11.6. The zero-order valence-corrected chi connectivity index (χ0v) is 19.3.